The lowest BCUT2D eigenvalue weighted by Crippen LogP contribution is -2.42. The molecule has 0 amide bonds. The summed E-state index contributed by atoms with van der Waals surface area (Å²) in [7, 11) is 0. The summed E-state index contributed by atoms with van der Waals surface area (Å²) in [5.41, 5.74) is 0.264. The number of halogens is 1. The van der Waals surface area contributed by atoms with E-state index in [2.05, 4.69) is 10.3 Å². The minimum Gasteiger partial charge on any atom is -0.490 e. The smallest absolute Gasteiger partial charge is 0.137 e. The van der Waals surface area contributed by atoms with Crippen LogP contribution < -0.4 is 10.1 Å². The monoisotopic (exact) mass is 240 g/mol. The normalized spacial score (nSPS) is 31.1. The van der Waals surface area contributed by atoms with Crippen LogP contribution in [-0.2, 0) is 0 Å². The minimum atomic E-state index is 0. The van der Waals surface area contributed by atoms with Crippen LogP contribution in [0.5, 0.6) is 5.75 Å². The largest absolute Gasteiger partial charge is 0.490 e. The Balaban J connectivity index is 0.000000963. The van der Waals surface area contributed by atoms with Crippen LogP contribution in [0.2, 0.25) is 0 Å². The zero-order chi connectivity index (χ0) is 10.1. The molecule has 2 aliphatic rings. The lowest BCUT2D eigenvalue weighted by molar-refractivity contribution is 0.202. The first-order chi connectivity index (χ1) is 7.36. The summed E-state index contributed by atoms with van der Waals surface area (Å²) in [5, 5.41) is 3.67. The molecule has 1 N–H and O–H groups in total. The number of pyridine rings is 1. The maximum Gasteiger partial charge on any atom is 0.137 e. The fourth-order valence-corrected chi connectivity index (χ4v) is 2.73. The Morgan fingerprint density at radius 1 is 1.44 bits per heavy atom. The van der Waals surface area contributed by atoms with Crippen LogP contribution in [0.1, 0.15) is 25.7 Å². The van der Waals surface area contributed by atoms with Crippen molar-refractivity contribution in [2.75, 3.05) is 6.61 Å². The van der Waals surface area contributed by atoms with E-state index in [4.69, 9.17) is 4.74 Å². The molecule has 1 aromatic heterocycles. The molecule has 0 aliphatic carbocycles. The lowest BCUT2D eigenvalue weighted by atomic mass is 9.89. The van der Waals surface area contributed by atoms with Gasteiger partial charge in [0.15, 0.2) is 0 Å². The summed E-state index contributed by atoms with van der Waals surface area (Å²) < 4.78 is 5.79. The Bertz CT molecular complexity index is 336. The highest BCUT2D eigenvalue weighted by Gasteiger charge is 2.44. The molecule has 0 unspecified atom stereocenters. The molecular weight excluding hydrogens is 224 g/mol. The Labute approximate surface area is 102 Å². The molecule has 2 fully saturated rings. The molecule has 0 aromatic carbocycles. The van der Waals surface area contributed by atoms with E-state index in [1.807, 2.05) is 12.1 Å². The van der Waals surface area contributed by atoms with Gasteiger partial charge in [0.2, 0.25) is 0 Å². The Kier molecular flexibility index (Phi) is 3.36. The number of aromatic nitrogens is 1. The van der Waals surface area contributed by atoms with Crippen molar-refractivity contribution in [3.63, 3.8) is 0 Å². The topological polar surface area (TPSA) is 34.1 Å². The molecule has 0 spiro atoms. The van der Waals surface area contributed by atoms with Crippen LogP contribution in [0.25, 0.3) is 0 Å². The third-order valence-electron chi connectivity index (χ3n) is 3.60. The highest BCUT2D eigenvalue weighted by molar-refractivity contribution is 5.85. The van der Waals surface area contributed by atoms with Crippen LogP contribution in [-0.4, -0.2) is 23.2 Å². The van der Waals surface area contributed by atoms with Crippen molar-refractivity contribution in [2.24, 2.45) is 0 Å². The van der Waals surface area contributed by atoms with E-state index in [0.717, 1.165) is 18.4 Å². The maximum absolute atomic E-state index is 5.79. The lowest BCUT2D eigenvalue weighted by Gasteiger charge is -2.25. The fraction of sp³-hybridized carbons (Fsp3) is 0.583. The van der Waals surface area contributed by atoms with E-state index < -0.39 is 0 Å². The molecule has 3 heterocycles. The number of hydrogen-bond donors (Lipinski definition) is 1. The van der Waals surface area contributed by atoms with Crippen LogP contribution in [0.15, 0.2) is 24.5 Å². The number of rotatable bonds is 3. The number of nitrogens with one attached hydrogen (secondary N) is 1. The summed E-state index contributed by atoms with van der Waals surface area (Å²) in [6, 6.07) is 4.62. The second-order valence-corrected chi connectivity index (χ2v) is 4.68. The van der Waals surface area contributed by atoms with Gasteiger partial charge in [-0.05, 0) is 37.8 Å². The van der Waals surface area contributed by atoms with Gasteiger partial charge in [-0.25, -0.2) is 0 Å². The Hall–Kier alpha value is -0.800. The van der Waals surface area contributed by atoms with Crippen molar-refractivity contribution in [1.82, 2.24) is 10.3 Å². The molecule has 88 valence electrons. The summed E-state index contributed by atoms with van der Waals surface area (Å²) >= 11 is 0. The van der Waals surface area contributed by atoms with Crippen LogP contribution in [0.3, 0.4) is 0 Å². The molecule has 0 atom stereocenters. The van der Waals surface area contributed by atoms with Crippen LogP contribution in [0.4, 0.5) is 0 Å². The summed E-state index contributed by atoms with van der Waals surface area (Å²) in [6.07, 6.45) is 8.70. The standard InChI is InChI=1S/C12H16N2O.ClH/c1-2-11(8-13-7-1)15-9-12-5-3-10(14-12)4-6-12;/h1-2,7-8,10,14H,3-6,9H2;1H. The number of fused-ring (bicyclic) bond motifs is 2. The average Bonchev–Trinajstić information content (AvgIpc) is 2.89. The second-order valence-electron chi connectivity index (χ2n) is 4.68. The van der Waals surface area contributed by atoms with E-state index in [0.29, 0.717) is 0 Å². The van der Waals surface area contributed by atoms with Gasteiger partial charge < -0.3 is 10.1 Å². The van der Waals surface area contributed by atoms with E-state index >= 15 is 0 Å². The maximum atomic E-state index is 5.79. The first-order valence-electron chi connectivity index (χ1n) is 5.67. The predicted molar refractivity (Wildman–Crippen MR) is 65.1 cm³/mol. The third-order valence-corrected chi connectivity index (χ3v) is 3.60. The highest BCUT2D eigenvalue weighted by atomic mass is 35.5. The van der Waals surface area contributed by atoms with Gasteiger partial charge in [0.1, 0.15) is 12.4 Å². The number of nitrogens with zero attached hydrogens (tertiary/aromatic N) is 1. The molecule has 4 heteroatoms. The molecular formula is C12H17ClN2O. The average molecular weight is 241 g/mol. The summed E-state index contributed by atoms with van der Waals surface area (Å²) in [6.45, 7) is 0.787. The van der Waals surface area contributed by atoms with Gasteiger partial charge in [0.05, 0.1) is 11.7 Å². The molecule has 1 aromatic rings. The molecule has 3 rings (SSSR count). The predicted octanol–water partition coefficient (Wildman–Crippen LogP) is 2.17. The molecule has 0 saturated carbocycles. The van der Waals surface area contributed by atoms with Crippen LogP contribution >= 0.6 is 12.4 Å². The highest BCUT2D eigenvalue weighted by Crippen LogP contribution is 2.37. The van der Waals surface area contributed by atoms with Gasteiger partial charge >= 0.3 is 0 Å². The quantitative estimate of drug-likeness (QED) is 0.879. The van der Waals surface area contributed by atoms with E-state index in [9.17, 15) is 0 Å². The van der Waals surface area contributed by atoms with Crippen LogP contribution in [0, 0.1) is 0 Å². The van der Waals surface area contributed by atoms with E-state index in [-0.39, 0.29) is 17.9 Å². The van der Waals surface area contributed by atoms with E-state index in [1.165, 1.54) is 25.7 Å². The SMILES string of the molecule is Cl.c1cncc(OCC23CCC(CC2)N3)c1. The van der Waals surface area contributed by atoms with Gasteiger partial charge in [0.25, 0.3) is 0 Å². The minimum absolute atomic E-state index is 0. The molecule has 2 aliphatic heterocycles. The zero-order valence-electron chi connectivity index (χ0n) is 9.19. The number of hydrogen-bond acceptors (Lipinski definition) is 3. The fourth-order valence-electron chi connectivity index (χ4n) is 2.73. The molecule has 2 bridgehead atoms. The zero-order valence-corrected chi connectivity index (χ0v) is 10.0. The Morgan fingerprint density at radius 3 is 2.81 bits per heavy atom. The van der Waals surface area contributed by atoms with Crippen molar-refractivity contribution in [3.8, 4) is 5.75 Å². The summed E-state index contributed by atoms with van der Waals surface area (Å²) in [5.74, 6) is 0.879. The van der Waals surface area contributed by atoms with Gasteiger partial charge in [-0.2, -0.15) is 0 Å². The van der Waals surface area contributed by atoms with Gasteiger partial charge in [-0.1, -0.05) is 0 Å². The number of ether oxygens (including phenoxy) is 1. The first-order valence-corrected chi connectivity index (χ1v) is 5.67. The van der Waals surface area contributed by atoms with Gasteiger partial charge in [0, 0.05) is 12.2 Å². The van der Waals surface area contributed by atoms with Crippen molar-refractivity contribution in [2.45, 2.75) is 37.3 Å². The third kappa shape index (κ3) is 2.15. The van der Waals surface area contributed by atoms with Crippen molar-refractivity contribution < 1.29 is 4.74 Å². The molecule has 2 saturated heterocycles. The van der Waals surface area contributed by atoms with Gasteiger partial charge in [-0.15, -0.1) is 12.4 Å². The van der Waals surface area contributed by atoms with E-state index in [1.54, 1.807) is 12.4 Å². The van der Waals surface area contributed by atoms with Crippen molar-refractivity contribution >= 4 is 12.4 Å². The molecule has 0 radical (unpaired) electrons. The molecule has 3 nitrogen and oxygen atoms in total. The Morgan fingerprint density at radius 2 is 2.25 bits per heavy atom. The second kappa shape index (κ2) is 4.60. The molecule has 16 heavy (non-hydrogen) atoms. The van der Waals surface area contributed by atoms with Crippen molar-refractivity contribution in [1.29, 1.82) is 0 Å². The summed E-state index contributed by atoms with van der Waals surface area (Å²) in [4.78, 5) is 4.04. The van der Waals surface area contributed by atoms with Crippen molar-refractivity contribution in [3.05, 3.63) is 24.5 Å². The van der Waals surface area contributed by atoms with Gasteiger partial charge in [-0.3, -0.25) is 4.98 Å². The first kappa shape index (κ1) is 11.7.